The van der Waals surface area contributed by atoms with Gasteiger partial charge in [-0.3, -0.25) is 4.79 Å². The normalized spacial score (nSPS) is 10.3. The molecule has 0 aromatic heterocycles. The van der Waals surface area contributed by atoms with E-state index >= 15 is 0 Å². The van der Waals surface area contributed by atoms with Crippen LogP contribution in [0, 0.1) is 0 Å². The van der Waals surface area contributed by atoms with Crippen LogP contribution in [0.4, 0.5) is 5.69 Å². The highest BCUT2D eigenvalue weighted by Crippen LogP contribution is 2.29. The number of esters is 1. The second kappa shape index (κ2) is 9.45. The molecule has 0 atom stereocenters. The molecule has 8 heteroatoms. The summed E-state index contributed by atoms with van der Waals surface area (Å²) in [4.78, 5) is 23.6. The molecule has 2 rings (SSSR count). The first-order valence-corrected chi connectivity index (χ1v) is 8.87. The van der Waals surface area contributed by atoms with Gasteiger partial charge in [-0.15, -0.1) is 0 Å². The van der Waals surface area contributed by atoms with Crippen molar-refractivity contribution < 1.29 is 24.2 Å². The number of amides is 1. The number of nitrogens with one attached hydrogen (secondary N) is 1. The van der Waals surface area contributed by atoms with Gasteiger partial charge in [0.2, 0.25) is 5.91 Å². The number of aromatic hydroxyl groups is 1. The molecule has 0 aliphatic carbocycles. The topological polar surface area (TPSA) is 84.9 Å². The Hall–Kier alpha value is -2.25. The molecule has 138 valence electrons. The van der Waals surface area contributed by atoms with E-state index in [9.17, 15) is 14.7 Å². The maximum absolute atomic E-state index is 12.0. The number of hydrogen-bond acceptors (Lipinski definition) is 5. The molecule has 0 radical (unpaired) electrons. The molecule has 0 saturated heterocycles. The zero-order valence-corrected chi connectivity index (χ0v) is 16.3. The lowest BCUT2D eigenvalue weighted by Crippen LogP contribution is -2.14. The van der Waals surface area contributed by atoms with Crippen LogP contribution in [-0.4, -0.2) is 30.7 Å². The molecule has 0 fully saturated rings. The van der Waals surface area contributed by atoms with Gasteiger partial charge < -0.3 is 19.9 Å². The quantitative estimate of drug-likeness (QED) is 0.377. The van der Waals surface area contributed by atoms with Crippen LogP contribution in [0.15, 0.2) is 40.9 Å². The van der Waals surface area contributed by atoms with E-state index in [4.69, 9.17) is 16.3 Å². The van der Waals surface area contributed by atoms with E-state index in [0.717, 1.165) is 4.47 Å². The van der Waals surface area contributed by atoms with E-state index in [-0.39, 0.29) is 29.3 Å². The molecule has 0 heterocycles. The fourth-order valence-electron chi connectivity index (χ4n) is 2.14. The molecule has 2 aromatic rings. The molecule has 1 amide bonds. The maximum atomic E-state index is 12.0. The van der Waals surface area contributed by atoms with Gasteiger partial charge in [-0.1, -0.05) is 33.6 Å². The third kappa shape index (κ3) is 5.37. The second-order valence-corrected chi connectivity index (χ2v) is 6.59. The third-order valence-corrected chi connectivity index (χ3v) is 4.20. The van der Waals surface area contributed by atoms with Gasteiger partial charge in [0.15, 0.2) is 5.75 Å². The predicted octanol–water partition coefficient (Wildman–Crippen LogP) is 4.39. The number of rotatable bonds is 7. The van der Waals surface area contributed by atoms with Crippen molar-refractivity contribution in [2.45, 2.75) is 12.8 Å². The zero-order valence-electron chi connectivity index (χ0n) is 13.9. The molecule has 0 aliphatic rings. The number of para-hydroxylation sites is 1. The van der Waals surface area contributed by atoms with Gasteiger partial charge in [0.1, 0.15) is 11.3 Å². The summed E-state index contributed by atoms with van der Waals surface area (Å²) in [6, 6.07) is 9.72. The molecule has 2 N–H and O–H groups in total. The number of benzene rings is 2. The predicted molar refractivity (Wildman–Crippen MR) is 102 cm³/mol. The van der Waals surface area contributed by atoms with E-state index < -0.39 is 5.97 Å². The van der Waals surface area contributed by atoms with Gasteiger partial charge in [0, 0.05) is 10.9 Å². The first-order chi connectivity index (χ1) is 12.4. The lowest BCUT2D eigenvalue weighted by molar-refractivity contribution is -0.116. The van der Waals surface area contributed by atoms with Crippen molar-refractivity contribution in [2.75, 3.05) is 19.0 Å². The Balaban J connectivity index is 1.85. The lowest BCUT2D eigenvalue weighted by atomic mass is 10.1. The largest absolute Gasteiger partial charge is 0.505 e. The van der Waals surface area contributed by atoms with Crippen LogP contribution in [0.25, 0.3) is 0 Å². The summed E-state index contributed by atoms with van der Waals surface area (Å²) in [5.41, 5.74) is 0.133. The van der Waals surface area contributed by atoms with Gasteiger partial charge in [-0.25, -0.2) is 4.79 Å². The van der Waals surface area contributed by atoms with E-state index in [1.807, 2.05) is 6.07 Å². The molecular formula is C18H17BrClNO5. The fourth-order valence-corrected chi connectivity index (χ4v) is 2.87. The highest BCUT2D eigenvalue weighted by Gasteiger charge is 2.15. The Morgan fingerprint density at radius 1 is 1.27 bits per heavy atom. The van der Waals surface area contributed by atoms with Crippen LogP contribution in [-0.2, 0) is 9.53 Å². The average molecular weight is 443 g/mol. The van der Waals surface area contributed by atoms with Crippen LogP contribution in [0.3, 0.4) is 0 Å². The Morgan fingerprint density at radius 2 is 2.04 bits per heavy atom. The number of anilines is 1. The lowest BCUT2D eigenvalue weighted by Gasteiger charge is -2.11. The van der Waals surface area contributed by atoms with Gasteiger partial charge in [-0.2, -0.15) is 0 Å². The van der Waals surface area contributed by atoms with Crippen molar-refractivity contribution in [1.29, 1.82) is 0 Å². The molecule has 6 nitrogen and oxygen atoms in total. The summed E-state index contributed by atoms with van der Waals surface area (Å²) < 4.78 is 11.0. The Morgan fingerprint density at radius 3 is 2.73 bits per heavy atom. The Labute approximate surface area is 164 Å². The monoisotopic (exact) mass is 441 g/mol. The highest BCUT2D eigenvalue weighted by atomic mass is 79.9. The number of carbonyl (C=O) groups excluding carboxylic acids is 2. The van der Waals surface area contributed by atoms with Gasteiger partial charge >= 0.3 is 5.97 Å². The van der Waals surface area contributed by atoms with Crippen molar-refractivity contribution in [2.24, 2.45) is 0 Å². The van der Waals surface area contributed by atoms with Crippen molar-refractivity contribution in [3.05, 3.63) is 51.5 Å². The number of phenolic OH excluding ortho intramolecular Hbond substituents is 1. The summed E-state index contributed by atoms with van der Waals surface area (Å²) in [5.74, 6) is -0.782. The molecule has 2 aromatic carbocycles. The van der Waals surface area contributed by atoms with Gasteiger partial charge in [0.25, 0.3) is 0 Å². The minimum Gasteiger partial charge on any atom is -0.505 e. The summed E-state index contributed by atoms with van der Waals surface area (Å²) in [5, 5.41) is 13.1. The van der Waals surface area contributed by atoms with Crippen LogP contribution < -0.4 is 10.1 Å². The first-order valence-electron chi connectivity index (χ1n) is 7.70. The molecule has 0 spiro atoms. The molecule has 0 bridgehead atoms. The summed E-state index contributed by atoms with van der Waals surface area (Å²) in [6.07, 6.45) is 0.631. The van der Waals surface area contributed by atoms with Crippen LogP contribution in [0.1, 0.15) is 23.2 Å². The highest BCUT2D eigenvalue weighted by molar-refractivity contribution is 9.10. The number of carbonyl (C=O) groups is 2. The standard InChI is InChI=1S/C18H17BrClNO5/c1-25-18(24)12-4-2-5-14(17(12)23)21-16(22)6-3-9-26-15-8-7-11(19)10-13(15)20/h2,4-5,7-8,10,23H,3,6,9H2,1H3,(H,21,22). The van der Waals surface area contributed by atoms with Crippen molar-refractivity contribution in [1.82, 2.24) is 0 Å². The first kappa shape index (κ1) is 20.1. The third-order valence-electron chi connectivity index (χ3n) is 3.42. The minimum absolute atomic E-state index is 0.0153. The van der Waals surface area contributed by atoms with Crippen molar-refractivity contribution in [3.63, 3.8) is 0 Å². The smallest absolute Gasteiger partial charge is 0.341 e. The fraction of sp³-hybridized carbons (Fsp3) is 0.222. The number of ether oxygens (including phenoxy) is 2. The number of halogens is 2. The molecule has 0 aliphatic heterocycles. The molecular weight excluding hydrogens is 426 g/mol. The minimum atomic E-state index is -0.682. The van der Waals surface area contributed by atoms with Crippen LogP contribution in [0.5, 0.6) is 11.5 Å². The molecule has 26 heavy (non-hydrogen) atoms. The van der Waals surface area contributed by atoms with Crippen LogP contribution >= 0.6 is 27.5 Å². The second-order valence-electron chi connectivity index (χ2n) is 5.27. The SMILES string of the molecule is COC(=O)c1cccc(NC(=O)CCCOc2ccc(Br)cc2Cl)c1O. The maximum Gasteiger partial charge on any atom is 0.341 e. The van der Waals surface area contributed by atoms with Gasteiger partial charge in [0.05, 0.1) is 24.4 Å². The zero-order chi connectivity index (χ0) is 19.1. The summed E-state index contributed by atoms with van der Waals surface area (Å²) in [6.45, 7) is 0.308. The Bertz CT molecular complexity index is 812. The van der Waals surface area contributed by atoms with E-state index in [1.54, 1.807) is 18.2 Å². The number of methoxy groups -OCH3 is 1. The molecule has 0 unspecified atom stereocenters. The van der Waals surface area contributed by atoms with E-state index in [2.05, 4.69) is 26.0 Å². The summed E-state index contributed by atoms with van der Waals surface area (Å²) in [7, 11) is 1.21. The Kier molecular flexibility index (Phi) is 7.29. The molecule has 0 saturated carbocycles. The van der Waals surface area contributed by atoms with Crippen LogP contribution in [0.2, 0.25) is 5.02 Å². The number of hydrogen-bond donors (Lipinski definition) is 2. The number of phenols is 1. The van der Waals surface area contributed by atoms with Crippen molar-refractivity contribution in [3.8, 4) is 11.5 Å². The summed E-state index contributed by atoms with van der Waals surface area (Å²) >= 11 is 9.36. The van der Waals surface area contributed by atoms with Crippen molar-refractivity contribution >= 4 is 45.1 Å². The van der Waals surface area contributed by atoms with E-state index in [0.29, 0.717) is 23.8 Å². The van der Waals surface area contributed by atoms with Gasteiger partial charge in [-0.05, 0) is 36.8 Å². The average Bonchev–Trinajstić information content (AvgIpc) is 2.61. The van der Waals surface area contributed by atoms with E-state index in [1.165, 1.54) is 19.2 Å².